The predicted molar refractivity (Wildman–Crippen MR) is 91.4 cm³/mol. The third kappa shape index (κ3) is 4.14. The molecule has 4 nitrogen and oxygen atoms in total. The van der Waals surface area contributed by atoms with Gasteiger partial charge in [-0.15, -0.1) is 0 Å². The number of amides is 1. The van der Waals surface area contributed by atoms with Crippen molar-refractivity contribution < 1.29 is 13.9 Å². The first kappa shape index (κ1) is 17.4. The highest BCUT2D eigenvalue weighted by atomic mass is 19.1. The summed E-state index contributed by atoms with van der Waals surface area (Å²) in [7, 11) is 0. The molecule has 5 heteroatoms. The Bertz CT molecular complexity index is 555. The Hall–Kier alpha value is -1.46. The third-order valence-corrected chi connectivity index (χ3v) is 5.33. The number of halogens is 1. The maximum Gasteiger partial charge on any atom is 0.234 e. The first-order valence-electron chi connectivity index (χ1n) is 8.94. The molecule has 0 bridgehead atoms. The second-order valence-corrected chi connectivity index (χ2v) is 7.19. The van der Waals surface area contributed by atoms with E-state index in [4.69, 9.17) is 4.74 Å². The van der Waals surface area contributed by atoms with Gasteiger partial charge in [0.15, 0.2) is 0 Å². The average Bonchev–Trinajstić information content (AvgIpc) is 3.04. The number of hydrogen-bond donors (Lipinski definition) is 1. The van der Waals surface area contributed by atoms with Crippen LogP contribution in [-0.2, 0) is 14.9 Å². The molecule has 0 radical (unpaired) electrons. The Labute approximate surface area is 143 Å². The summed E-state index contributed by atoms with van der Waals surface area (Å²) in [6.07, 6.45) is 4.61. The van der Waals surface area contributed by atoms with Gasteiger partial charge in [-0.05, 0) is 37.5 Å². The molecule has 2 aliphatic rings. The highest BCUT2D eigenvalue weighted by molar-refractivity contribution is 5.78. The molecular formula is C19H27FN2O2. The highest BCUT2D eigenvalue weighted by Gasteiger charge is 2.36. The van der Waals surface area contributed by atoms with Gasteiger partial charge >= 0.3 is 0 Å². The number of ether oxygens (including phenoxy) is 1. The fourth-order valence-electron chi connectivity index (χ4n) is 3.98. The molecule has 1 atom stereocenters. The molecule has 1 saturated carbocycles. The van der Waals surface area contributed by atoms with E-state index in [1.54, 1.807) is 0 Å². The van der Waals surface area contributed by atoms with Gasteiger partial charge in [-0.2, -0.15) is 0 Å². The standard InChI is InChI=1S/C19H27FN2O2/c1-15-12-22(10-11-24-15)13-18(23)21-14-19(8-2-3-9-19)16-4-6-17(20)7-5-16/h4-7,15H,2-3,8-14H2,1H3,(H,21,23). The second-order valence-electron chi connectivity index (χ2n) is 7.19. The summed E-state index contributed by atoms with van der Waals surface area (Å²) < 4.78 is 18.7. The van der Waals surface area contributed by atoms with Gasteiger partial charge in [0.05, 0.1) is 19.3 Å². The minimum Gasteiger partial charge on any atom is -0.376 e. The van der Waals surface area contributed by atoms with E-state index in [0.717, 1.165) is 44.3 Å². The number of carbonyl (C=O) groups excluding carboxylic acids is 1. The van der Waals surface area contributed by atoms with Gasteiger partial charge < -0.3 is 10.1 Å². The van der Waals surface area contributed by atoms with E-state index in [-0.39, 0.29) is 23.2 Å². The quantitative estimate of drug-likeness (QED) is 0.899. The van der Waals surface area contributed by atoms with Crippen molar-refractivity contribution in [3.63, 3.8) is 0 Å². The van der Waals surface area contributed by atoms with Crippen LogP contribution >= 0.6 is 0 Å². The van der Waals surface area contributed by atoms with E-state index in [9.17, 15) is 9.18 Å². The van der Waals surface area contributed by atoms with Crippen molar-refractivity contribution in [1.82, 2.24) is 10.2 Å². The molecule has 1 unspecified atom stereocenters. The lowest BCUT2D eigenvalue weighted by Gasteiger charge is -2.32. The number of nitrogens with one attached hydrogen (secondary N) is 1. The summed E-state index contributed by atoms with van der Waals surface area (Å²) in [6.45, 7) is 5.39. The molecule has 132 valence electrons. The Kier molecular flexibility index (Phi) is 5.51. The summed E-state index contributed by atoms with van der Waals surface area (Å²) in [6, 6.07) is 6.78. The highest BCUT2D eigenvalue weighted by Crippen LogP contribution is 2.40. The molecule has 1 aliphatic heterocycles. The van der Waals surface area contributed by atoms with Crippen LogP contribution in [0, 0.1) is 5.82 Å². The van der Waals surface area contributed by atoms with Crippen LogP contribution < -0.4 is 5.32 Å². The molecule has 3 rings (SSSR count). The van der Waals surface area contributed by atoms with Crippen molar-refractivity contribution in [2.45, 2.75) is 44.1 Å². The van der Waals surface area contributed by atoms with Crippen LogP contribution in [0.2, 0.25) is 0 Å². The van der Waals surface area contributed by atoms with Crippen LogP contribution in [0.15, 0.2) is 24.3 Å². The molecule has 1 aromatic rings. The van der Waals surface area contributed by atoms with Crippen LogP contribution in [0.3, 0.4) is 0 Å². The maximum absolute atomic E-state index is 13.2. The zero-order valence-electron chi connectivity index (χ0n) is 14.4. The molecule has 0 spiro atoms. The molecule has 1 saturated heterocycles. The normalized spacial score (nSPS) is 24.0. The number of benzene rings is 1. The Balaban J connectivity index is 1.58. The van der Waals surface area contributed by atoms with Crippen molar-refractivity contribution in [3.05, 3.63) is 35.6 Å². The average molecular weight is 334 g/mol. The molecule has 2 fully saturated rings. The fraction of sp³-hybridized carbons (Fsp3) is 0.632. The first-order chi connectivity index (χ1) is 11.6. The molecule has 24 heavy (non-hydrogen) atoms. The largest absolute Gasteiger partial charge is 0.376 e. The number of carbonyl (C=O) groups is 1. The Morgan fingerprint density at radius 3 is 2.71 bits per heavy atom. The van der Waals surface area contributed by atoms with Crippen molar-refractivity contribution in [2.24, 2.45) is 0 Å². The number of nitrogens with zero attached hydrogens (tertiary/aromatic N) is 1. The van der Waals surface area contributed by atoms with Gasteiger partial charge in [0.1, 0.15) is 5.82 Å². The molecule has 1 heterocycles. The summed E-state index contributed by atoms with van der Waals surface area (Å²) in [5.41, 5.74) is 1.10. The van der Waals surface area contributed by atoms with Gasteiger partial charge in [-0.3, -0.25) is 9.69 Å². The van der Waals surface area contributed by atoms with Crippen molar-refractivity contribution in [2.75, 3.05) is 32.8 Å². The molecule has 1 amide bonds. The van der Waals surface area contributed by atoms with Gasteiger partial charge in [0.25, 0.3) is 0 Å². The van der Waals surface area contributed by atoms with Crippen LogP contribution in [0.1, 0.15) is 38.2 Å². The molecule has 1 aliphatic carbocycles. The zero-order chi connectivity index (χ0) is 17.0. The van der Waals surface area contributed by atoms with Gasteiger partial charge in [0.2, 0.25) is 5.91 Å². The summed E-state index contributed by atoms with van der Waals surface area (Å²) in [5.74, 6) is -0.144. The van der Waals surface area contributed by atoms with E-state index < -0.39 is 0 Å². The van der Waals surface area contributed by atoms with Crippen LogP contribution in [-0.4, -0.2) is 49.7 Å². The summed E-state index contributed by atoms with van der Waals surface area (Å²) in [4.78, 5) is 14.5. The van der Waals surface area contributed by atoms with E-state index in [0.29, 0.717) is 19.7 Å². The number of hydrogen-bond acceptors (Lipinski definition) is 3. The van der Waals surface area contributed by atoms with Gasteiger partial charge in [-0.25, -0.2) is 4.39 Å². The smallest absolute Gasteiger partial charge is 0.234 e. The molecule has 1 aromatic carbocycles. The monoisotopic (exact) mass is 334 g/mol. The molecule has 0 aromatic heterocycles. The molecular weight excluding hydrogens is 307 g/mol. The Morgan fingerprint density at radius 1 is 1.33 bits per heavy atom. The maximum atomic E-state index is 13.2. The Morgan fingerprint density at radius 2 is 2.04 bits per heavy atom. The van der Waals surface area contributed by atoms with Crippen molar-refractivity contribution in [1.29, 1.82) is 0 Å². The lowest BCUT2D eigenvalue weighted by Crippen LogP contribution is -2.48. The first-order valence-corrected chi connectivity index (χ1v) is 8.94. The summed E-state index contributed by atoms with van der Waals surface area (Å²) in [5, 5.41) is 3.13. The minimum atomic E-state index is -0.211. The molecule has 1 N–H and O–H groups in total. The number of morpholine rings is 1. The SMILES string of the molecule is CC1CN(CC(=O)NCC2(c3ccc(F)cc3)CCCC2)CCO1. The summed E-state index contributed by atoms with van der Waals surface area (Å²) >= 11 is 0. The van der Waals surface area contributed by atoms with Gasteiger partial charge in [-0.1, -0.05) is 25.0 Å². The predicted octanol–water partition coefficient (Wildman–Crippen LogP) is 2.47. The lowest BCUT2D eigenvalue weighted by atomic mass is 9.79. The zero-order valence-corrected chi connectivity index (χ0v) is 14.4. The van der Waals surface area contributed by atoms with Gasteiger partial charge in [0, 0.05) is 25.0 Å². The van der Waals surface area contributed by atoms with E-state index in [2.05, 4.69) is 10.2 Å². The second kappa shape index (κ2) is 7.62. The van der Waals surface area contributed by atoms with Crippen LogP contribution in [0.25, 0.3) is 0 Å². The number of rotatable bonds is 5. The van der Waals surface area contributed by atoms with E-state index in [1.807, 2.05) is 19.1 Å². The lowest BCUT2D eigenvalue weighted by molar-refractivity contribution is -0.124. The van der Waals surface area contributed by atoms with Crippen LogP contribution in [0.4, 0.5) is 4.39 Å². The fourth-order valence-corrected chi connectivity index (χ4v) is 3.98. The van der Waals surface area contributed by atoms with E-state index in [1.165, 1.54) is 12.1 Å². The van der Waals surface area contributed by atoms with E-state index >= 15 is 0 Å². The van der Waals surface area contributed by atoms with Crippen molar-refractivity contribution in [3.8, 4) is 0 Å². The van der Waals surface area contributed by atoms with Crippen molar-refractivity contribution >= 4 is 5.91 Å². The minimum absolute atomic E-state index is 0.0400. The third-order valence-electron chi connectivity index (χ3n) is 5.33. The topological polar surface area (TPSA) is 41.6 Å². The van der Waals surface area contributed by atoms with Crippen LogP contribution in [0.5, 0.6) is 0 Å².